The molecule has 0 aliphatic carbocycles. The van der Waals surface area contributed by atoms with Gasteiger partial charge in [0.05, 0.1) is 24.8 Å². The molecule has 80 valence electrons. The summed E-state index contributed by atoms with van der Waals surface area (Å²) in [6.45, 7) is 4.46. The van der Waals surface area contributed by atoms with Crippen LogP contribution in [0, 0.1) is 22.7 Å². The highest BCUT2D eigenvalue weighted by Gasteiger charge is 2.05. The molecule has 6 heteroatoms. The summed E-state index contributed by atoms with van der Waals surface area (Å²) in [4.78, 5) is 0. The molecular weight excluding hydrogens is 180 g/mol. The maximum Gasteiger partial charge on any atom is 0.0953 e. The van der Waals surface area contributed by atoms with Gasteiger partial charge in [-0.3, -0.25) is 10.8 Å². The number of nitrogens with two attached hydrogens (primary N) is 2. The molecule has 0 rings (SSSR count). The van der Waals surface area contributed by atoms with Crippen LogP contribution in [0.1, 0.15) is 13.8 Å². The van der Waals surface area contributed by atoms with E-state index >= 15 is 0 Å². The van der Waals surface area contributed by atoms with E-state index < -0.39 is 0 Å². The highest BCUT2D eigenvalue weighted by Crippen LogP contribution is 1.97. The van der Waals surface area contributed by atoms with E-state index in [2.05, 4.69) is 10.2 Å². The summed E-state index contributed by atoms with van der Waals surface area (Å²) in [6, 6.07) is 0. The van der Waals surface area contributed by atoms with Gasteiger partial charge < -0.3 is 11.5 Å². The molecule has 6 nitrogen and oxygen atoms in total. The lowest BCUT2D eigenvalue weighted by atomic mass is 10.1. The van der Waals surface area contributed by atoms with E-state index in [-0.39, 0.29) is 23.5 Å². The van der Waals surface area contributed by atoms with Gasteiger partial charge in [-0.15, -0.1) is 0 Å². The molecule has 0 spiro atoms. The van der Waals surface area contributed by atoms with Gasteiger partial charge in [-0.05, 0) is 0 Å². The van der Waals surface area contributed by atoms with Crippen LogP contribution in [0.4, 0.5) is 0 Å². The number of rotatable bonds is 6. The minimum Gasteiger partial charge on any atom is -0.387 e. The molecule has 0 aromatic rings. The molecule has 0 aliphatic heterocycles. The van der Waals surface area contributed by atoms with Crippen LogP contribution in [0.15, 0.2) is 10.2 Å². The first kappa shape index (κ1) is 12.5. The van der Waals surface area contributed by atoms with Crippen molar-refractivity contribution in [2.45, 2.75) is 13.8 Å². The molecule has 0 amide bonds. The Balaban J connectivity index is 3.74. The van der Waals surface area contributed by atoms with E-state index in [9.17, 15) is 0 Å². The zero-order valence-electron chi connectivity index (χ0n) is 8.62. The Kier molecular flexibility index (Phi) is 5.43. The average Bonchev–Trinajstić information content (AvgIpc) is 2.11. The molecule has 0 aromatic heterocycles. The van der Waals surface area contributed by atoms with Crippen LogP contribution in [0.25, 0.3) is 0 Å². The Hall–Kier alpha value is -1.46. The number of hydrogen-bond acceptors (Lipinski definition) is 4. The van der Waals surface area contributed by atoms with Crippen molar-refractivity contribution in [3.05, 3.63) is 0 Å². The van der Waals surface area contributed by atoms with Crippen molar-refractivity contribution in [1.29, 1.82) is 10.8 Å². The van der Waals surface area contributed by atoms with Crippen molar-refractivity contribution < 1.29 is 0 Å². The summed E-state index contributed by atoms with van der Waals surface area (Å²) in [7, 11) is 0. The van der Waals surface area contributed by atoms with Crippen LogP contribution in [0.2, 0.25) is 0 Å². The number of azo groups is 1. The first-order valence-electron chi connectivity index (χ1n) is 4.46. The van der Waals surface area contributed by atoms with E-state index in [1.807, 2.05) is 13.8 Å². The van der Waals surface area contributed by atoms with Crippen LogP contribution in [0.3, 0.4) is 0 Å². The summed E-state index contributed by atoms with van der Waals surface area (Å²) >= 11 is 0. The lowest BCUT2D eigenvalue weighted by molar-refractivity contribution is 0.680. The summed E-state index contributed by atoms with van der Waals surface area (Å²) in [5, 5.41) is 22.0. The van der Waals surface area contributed by atoms with Crippen molar-refractivity contribution in [2.75, 3.05) is 13.1 Å². The third-order valence-electron chi connectivity index (χ3n) is 1.87. The summed E-state index contributed by atoms with van der Waals surface area (Å²) in [5.41, 5.74) is 10.5. The summed E-state index contributed by atoms with van der Waals surface area (Å²) < 4.78 is 0. The molecule has 6 N–H and O–H groups in total. The molecule has 0 aromatic carbocycles. The van der Waals surface area contributed by atoms with Crippen LogP contribution < -0.4 is 11.5 Å². The van der Waals surface area contributed by atoms with Gasteiger partial charge in [0.1, 0.15) is 0 Å². The summed E-state index contributed by atoms with van der Waals surface area (Å²) in [6.07, 6.45) is 0. The highest BCUT2D eigenvalue weighted by atomic mass is 15.1. The van der Waals surface area contributed by atoms with E-state index in [1.165, 1.54) is 0 Å². The zero-order chi connectivity index (χ0) is 11.1. The van der Waals surface area contributed by atoms with Gasteiger partial charge in [0.25, 0.3) is 0 Å². The molecule has 2 atom stereocenters. The van der Waals surface area contributed by atoms with Crippen LogP contribution >= 0.6 is 0 Å². The number of nitrogens with zero attached hydrogens (tertiary/aromatic N) is 2. The molecule has 0 bridgehead atoms. The Morgan fingerprint density at radius 3 is 1.50 bits per heavy atom. The second-order valence-corrected chi connectivity index (χ2v) is 3.36. The number of nitrogens with one attached hydrogen (secondary N) is 2. The van der Waals surface area contributed by atoms with E-state index in [1.54, 1.807) is 0 Å². The molecule has 0 saturated carbocycles. The smallest absolute Gasteiger partial charge is 0.0953 e. The fraction of sp³-hybridized carbons (Fsp3) is 0.750. The largest absolute Gasteiger partial charge is 0.387 e. The highest BCUT2D eigenvalue weighted by molar-refractivity contribution is 5.79. The van der Waals surface area contributed by atoms with Gasteiger partial charge in [0, 0.05) is 11.8 Å². The minimum absolute atomic E-state index is 0.0774. The SMILES string of the molecule is CC(C/N=N/CC(C)C(=N)N)C(=N)N. The lowest BCUT2D eigenvalue weighted by Crippen LogP contribution is -2.23. The Labute approximate surface area is 83.8 Å². The monoisotopic (exact) mass is 198 g/mol. The van der Waals surface area contributed by atoms with E-state index in [0.29, 0.717) is 13.1 Å². The van der Waals surface area contributed by atoms with Crippen LogP contribution in [-0.4, -0.2) is 24.8 Å². The fourth-order valence-corrected chi connectivity index (χ4v) is 0.557. The minimum atomic E-state index is -0.0774. The molecule has 0 aliphatic rings. The molecule has 14 heavy (non-hydrogen) atoms. The standard InChI is InChI=1S/C8H18N6/c1-5(7(9)10)3-13-14-4-6(2)8(11)12/h5-6H,3-4H2,1-2H3,(H3,9,10)(H3,11,12)/b14-13+. The quantitative estimate of drug-likeness (QED) is 0.283. The second-order valence-electron chi connectivity index (χ2n) is 3.36. The van der Waals surface area contributed by atoms with Gasteiger partial charge in [-0.25, -0.2) is 0 Å². The topological polar surface area (TPSA) is 124 Å². The predicted octanol–water partition coefficient (Wildman–Crippen LogP) is 0.583. The molecule has 0 heterocycles. The molecular formula is C8H18N6. The Morgan fingerprint density at radius 1 is 1.00 bits per heavy atom. The fourth-order valence-electron chi connectivity index (χ4n) is 0.557. The summed E-state index contributed by atoms with van der Waals surface area (Å²) in [5.74, 6) is 0.0740. The van der Waals surface area contributed by atoms with E-state index in [4.69, 9.17) is 22.3 Å². The third-order valence-corrected chi connectivity index (χ3v) is 1.87. The van der Waals surface area contributed by atoms with Crippen LogP contribution in [-0.2, 0) is 0 Å². The van der Waals surface area contributed by atoms with Crippen molar-refractivity contribution in [1.82, 2.24) is 0 Å². The van der Waals surface area contributed by atoms with Gasteiger partial charge >= 0.3 is 0 Å². The molecule has 2 unspecified atom stereocenters. The average molecular weight is 198 g/mol. The first-order chi connectivity index (χ1) is 6.45. The predicted molar refractivity (Wildman–Crippen MR) is 56.7 cm³/mol. The van der Waals surface area contributed by atoms with Gasteiger partial charge in [0.2, 0.25) is 0 Å². The first-order valence-corrected chi connectivity index (χ1v) is 4.46. The Morgan fingerprint density at radius 2 is 1.29 bits per heavy atom. The number of amidine groups is 2. The van der Waals surface area contributed by atoms with Crippen molar-refractivity contribution in [3.8, 4) is 0 Å². The normalized spacial score (nSPS) is 15.3. The Bertz CT molecular complexity index is 210. The number of hydrogen-bond donors (Lipinski definition) is 4. The van der Waals surface area contributed by atoms with Crippen molar-refractivity contribution in [3.63, 3.8) is 0 Å². The maximum absolute atomic E-state index is 7.11. The molecule has 0 fully saturated rings. The van der Waals surface area contributed by atoms with Gasteiger partial charge in [-0.2, -0.15) is 10.2 Å². The zero-order valence-corrected chi connectivity index (χ0v) is 8.62. The molecule has 0 saturated heterocycles. The van der Waals surface area contributed by atoms with Crippen LogP contribution in [0.5, 0.6) is 0 Å². The van der Waals surface area contributed by atoms with Gasteiger partial charge in [0.15, 0.2) is 0 Å². The van der Waals surface area contributed by atoms with Crippen molar-refractivity contribution >= 4 is 11.7 Å². The van der Waals surface area contributed by atoms with Gasteiger partial charge in [-0.1, -0.05) is 13.8 Å². The van der Waals surface area contributed by atoms with E-state index in [0.717, 1.165) is 0 Å². The molecule has 0 radical (unpaired) electrons. The van der Waals surface area contributed by atoms with Crippen molar-refractivity contribution in [2.24, 2.45) is 33.5 Å². The second kappa shape index (κ2) is 6.06. The lowest BCUT2D eigenvalue weighted by Gasteiger charge is -2.05. The third kappa shape index (κ3) is 5.23. The maximum atomic E-state index is 7.11.